The number of halogens is 1. The van der Waals surface area contributed by atoms with Crippen molar-refractivity contribution in [2.75, 3.05) is 0 Å². The van der Waals surface area contributed by atoms with Crippen LogP contribution in [0.1, 0.15) is 103 Å². The van der Waals surface area contributed by atoms with Crippen molar-refractivity contribution in [2.24, 2.45) is 0 Å². The van der Waals surface area contributed by atoms with Crippen LogP contribution in [0.4, 0.5) is 4.39 Å². The van der Waals surface area contributed by atoms with E-state index in [2.05, 4.69) is 23.8 Å². The van der Waals surface area contributed by atoms with Crippen molar-refractivity contribution in [2.45, 2.75) is 104 Å². The maximum Gasteiger partial charge on any atom is 0.311 e. The molecule has 1 aromatic heterocycles. The predicted molar refractivity (Wildman–Crippen MR) is 128 cm³/mol. The molecular weight excluding hydrogens is 403 g/mol. The van der Waals surface area contributed by atoms with Gasteiger partial charge in [-0.1, -0.05) is 84.1 Å². The number of hydrogen-bond acceptors (Lipinski definition) is 4. The van der Waals surface area contributed by atoms with Crippen molar-refractivity contribution < 1.29 is 13.9 Å². The third kappa shape index (κ3) is 9.88. The SMILES string of the molecule is CCCCCCCCCCc1ncc(-c2ccc(OC(=O)CCCCCC)c(F)c2)cn1. The highest BCUT2D eigenvalue weighted by atomic mass is 19.1. The van der Waals surface area contributed by atoms with Gasteiger partial charge in [-0.05, 0) is 30.5 Å². The maximum atomic E-state index is 14.4. The van der Waals surface area contributed by atoms with Gasteiger partial charge < -0.3 is 4.74 Å². The van der Waals surface area contributed by atoms with E-state index in [9.17, 15) is 9.18 Å². The minimum absolute atomic E-state index is 0.0264. The highest BCUT2D eigenvalue weighted by molar-refractivity contribution is 5.73. The van der Waals surface area contributed by atoms with Gasteiger partial charge in [0.15, 0.2) is 11.6 Å². The summed E-state index contributed by atoms with van der Waals surface area (Å²) in [7, 11) is 0. The molecule has 0 atom stereocenters. The molecule has 0 amide bonds. The second kappa shape index (κ2) is 15.5. The second-order valence-corrected chi connectivity index (χ2v) is 8.54. The van der Waals surface area contributed by atoms with Gasteiger partial charge in [0.05, 0.1) is 0 Å². The Morgan fingerprint density at radius 3 is 2.03 bits per heavy atom. The van der Waals surface area contributed by atoms with E-state index in [1.165, 1.54) is 57.1 Å². The third-order valence-electron chi connectivity index (χ3n) is 5.68. The fraction of sp³-hybridized carbons (Fsp3) is 0.593. The topological polar surface area (TPSA) is 52.1 Å². The van der Waals surface area contributed by atoms with E-state index in [0.29, 0.717) is 12.0 Å². The smallest absolute Gasteiger partial charge is 0.311 e. The Morgan fingerprint density at radius 1 is 0.812 bits per heavy atom. The van der Waals surface area contributed by atoms with Gasteiger partial charge in [-0.3, -0.25) is 4.79 Å². The number of esters is 1. The normalized spacial score (nSPS) is 11.0. The van der Waals surface area contributed by atoms with E-state index in [1.54, 1.807) is 18.5 Å². The molecule has 2 aromatic rings. The molecule has 0 radical (unpaired) electrons. The summed E-state index contributed by atoms with van der Waals surface area (Å²) in [4.78, 5) is 20.8. The lowest BCUT2D eigenvalue weighted by Gasteiger charge is -2.08. The average molecular weight is 443 g/mol. The molecule has 0 spiro atoms. The van der Waals surface area contributed by atoms with Crippen LogP contribution in [0.2, 0.25) is 0 Å². The highest BCUT2D eigenvalue weighted by Gasteiger charge is 2.11. The zero-order valence-corrected chi connectivity index (χ0v) is 19.9. The van der Waals surface area contributed by atoms with E-state index in [-0.39, 0.29) is 11.7 Å². The van der Waals surface area contributed by atoms with Gasteiger partial charge in [0.1, 0.15) is 5.82 Å². The van der Waals surface area contributed by atoms with Crippen molar-refractivity contribution in [1.29, 1.82) is 0 Å². The van der Waals surface area contributed by atoms with Gasteiger partial charge in [-0.2, -0.15) is 0 Å². The standard InChI is InChI=1S/C27H39FN2O2/c1-3-5-7-9-10-11-12-13-15-26-29-20-23(21-30-26)22-17-18-25(24(28)19-22)32-27(31)16-14-8-6-4-2/h17-21H,3-16H2,1-2H3. The van der Waals surface area contributed by atoms with Crippen molar-refractivity contribution in [3.8, 4) is 16.9 Å². The van der Waals surface area contributed by atoms with Crippen molar-refractivity contribution >= 4 is 5.97 Å². The van der Waals surface area contributed by atoms with Crippen LogP contribution in [0.5, 0.6) is 5.75 Å². The number of nitrogens with zero attached hydrogens (tertiary/aromatic N) is 2. The number of carbonyl (C=O) groups excluding carboxylic acids is 1. The van der Waals surface area contributed by atoms with Gasteiger partial charge in [-0.15, -0.1) is 0 Å². The minimum atomic E-state index is -0.549. The number of rotatable bonds is 16. The molecule has 0 N–H and O–H groups in total. The second-order valence-electron chi connectivity index (χ2n) is 8.54. The molecule has 0 aliphatic carbocycles. The van der Waals surface area contributed by atoms with Crippen molar-refractivity contribution in [1.82, 2.24) is 9.97 Å². The molecule has 176 valence electrons. The Morgan fingerprint density at radius 2 is 1.41 bits per heavy atom. The van der Waals surface area contributed by atoms with Crippen LogP contribution in [-0.2, 0) is 11.2 Å². The molecule has 0 fully saturated rings. The molecule has 1 heterocycles. The van der Waals surface area contributed by atoms with Gasteiger partial charge >= 0.3 is 5.97 Å². The van der Waals surface area contributed by atoms with Crippen molar-refractivity contribution in [3.05, 3.63) is 42.2 Å². The third-order valence-corrected chi connectivity index (χ3v) is 5.68. The average Bonchev–Trinajstić information content (AvgIpc) is 2.80. The molecule has 0 aliphatic heterocycles. The summed E-state index contributed by atoms with van der Waals surface area (Å²) in [5, 5.41) is 0. The Balaban J connectivity index is 1.77. The molecule has 4 nitrogen and oxygen atoms in total. The van der Waals surface area contributed by atoms with E-state index in [4.69, 9.17) is 4.74 Å². The molecule has 0 aliphatic rings. The molecular formula is C27H39FN2O2. The fourth-order valence-electron chi connectivity index (χ4n) is 3.68. The molecule has 32 heavy (non-hydrogen) atoms. The molecule has 0 saturated heterocycles. The Bertz CT molecular complexity index is 793. The summed E-state index contributed by atoms with van der Waals surface area (Å²) < 4.78 is 19.6. The van der Waals surface area contributed by atoms with E-state index in [1.807, 2.05) is 0 Å². The minimum Gasteiger partial charge on any atom is -0.423 e. The quantitative estimate of drug-likeness (QED) is 0.151. The van der Waals surface area contributed by atoms with Crippen LogP contribution >= 0.6 is 0 Å². The summed E-state index contributed by atoms with van der Waals surface area (Å²) in [6, 6.07) is 4.61. The van der Waals surface area contributed by atoms with Crippen LogP contribution in [0.25, 0.3) is 11.1 Å². The lowest BCUT2D eigenvalue weighted by atomic mass is 10.1. The van der Waals surface area contributed by atoms with Gasteiger partial charge in [0.2, 0.25) is 0 Å². The fourth-order valence-corrected chi connectivity index (χ4v) is 3.68. The number of ether oxygens (including phenoxy) is 1. The molecule has 0 unspecified atom stereocenters. The highest BCUT2D eigenvalue weighted by Crippen LogP contribution is 2.25. The van der Waals surface area contributed by atoms with E-state index < -0.39 is 5.82 Å². The number of benzene rings is 1. The predicted octanol–water partition coefficient (Wildman–Crippen LogP) is 7.84. The summed E-state index contributed by atoms with van der Waals surface area (Å²) in [5.74, 6) is -0.135. The summed E-state index contributed by atoms with van der Waals surface area (Å²) in [5.41, 5.74) is 1.42. The van der Waals surface area contributed by atoms with Crippen LogP contribution in [0.3, 0.4) is 0 Å². The van der Waals surface area contributed by atoms with Crippen molar-refractivity contribution in [3.63, 3.8) is 0 Å². The number of hydrogen-bond donors (Lipinski definition) is 0. The Hall–Kier alpha value is -2.30. The molecule has 0 saturated carbocycles. The molecule has 1 aromatic carbocycles. The van der Waals surface area contributed by atoms with Gasteiger partial charge in [0, 0.05) is 30.8 Å². The first-order valence-corrected chi connectivity index (χ1v) is 12.5. The molecule has 2 rings (SSSR count). The van der Waals surface area contributed by atoms with Crippen LogP contribution in [0, 0.1) is 5.82 Å². The lowest BCUT2D eigenvalue weighted by molar-refractivity contribution is -0.134. The number of carbonyl (C=O) groups is 1. The van der Waals surface area contributed by atoms with E-state index >= 15 is 0 Å². The first-order valence-electron chi connectivity index (χ1n) is 12.5. The Labute approximate surface area is 193 Å². The zero-order chi connectivity index (χ0) is 23.0. The summed E-state index contributed by atoms with van der Waals surface area (Å²) >= 11 is 0. The van der Waals surface area contributed by atoms with Crippen LogP contribution in [-0.4, -0.2) is 15.9 Å². The Kier molecular flexibility index (Phi) is 12.6. The lowest BCUT2D eigenvalue weighted by Crippen LogP contribution is -2.08. The first kappa shape index (κ1) is 26.0. The van der Waals surface area contributed by atoms with Gasteiger partial charge in [-0.25, -0.2) is 14.4 Å². The largest absolute Gasteiger partial charge is 0.423 e. The number of unbranched alkanes of at least 4 members (excludes halogenated alkanes) is 10. The molecule has 0 bridgehead atoms. The zero-order valence-electron chi connectivity index (χ0n) is 19.9. The first-order chi connectivity index (χ1) is 15.6. The monoisotopic (exact) mass is 442 g/mol. The number of aryl methyl sites for hydroxylation is 1. The van der Waals surface area contributed by atoms with Gasteiger partial charge in [0.25, 0.3) is 0 Å². The van der Waals surface area contributed by atoms with E-state index in [0.717, 1.165) is 49.9 Å². The van der Waals surface area contributed by atoms with Crippen LogP contribution < -0.4 is 4.74 Å². The number of aromatic nitrogens is 2. The summed E-state index contributed by atoms with van der Waals surface area (Å²) in [6.07, 6.45) is 18.8. The van der Waals surface area contributed by atoms with Crippen LogP contribution in [0.15, 0.2) is 30.6 Å². The molecule has 5 heteroatoms. The summed E-state index contributed by atoms with van der Waals surface area (Å²) in [6.45, 7) is 4.36. The maximum absolute atomic E-state index is 14.4.